The smallest absolute Gasteiger partial charge is 0.240 e. The second-order valence-corrected chi connectivity index (χ2v) is 9.30. The Labute approximate surface area is 210 Å². The van der Waals surface area contributed by atoms with Crippen molar-refractivity contribution in [2.45, 2.75) is 19.3 Å². The minimum atomic E-state index is -0.466. The van der Waals surface area contributed by atoms with Crippen molar-refractivity contribution >= 4 is 34.2 Å². The highest BCUT2D eigenvalue weighted by molar-refractivity contribution is 6.01. The van der Waals surface area contributed by atoms with Crippen molar-refractivity contribution in [3.8, 4) is 0 Å². The molecule has 0 saturated heterocycles. The van der Waals surface area contributed by atoms with Gasteiger partial charge in [0.05, 0.1) is 10.9 Å². The van der Waals surface area contributed by atoms with Gasteiger partial charge in [-0.1, -0.05) is 85.3 Å². The average Bonchev–Trinajstić information content (AvgIpc) is 3.28. The fourth-order valence-corrected chi connectivity index (χ4v) is 4.94. The number of hydrogen-bond acceptors (Lipinski definition) is 2. The number of nitrogens with one attached hydrogen (secondary N) is 1. The molecule has 1 saturated carbocycles. The van der Waals surface area contributed by atoms with E-state index in [1.165, 1.54) is 30.4 Å². The number of hydrogen-bond donors (Lipinski definition) is 1. The molecule has 0 bridgehead atoms. The lowest BCUT2D eigenvalue weighted by atomic mass is 9.73. The highest BCUT2D eigenvalue weighted by Gasteiger charge is 2.27. The molecule has 1 N–H and O–H groups in total. The van der Waals surface area contributed by atoms with E-state index in [-0.39, 0.29) is 0 Å². The largest absolute Gasteiger partial charge is 0.275 e. The van der Waals surface area contributed by atoms with E-state index in [1.54, 1.807) is 6.20 Å². The number of benzene rings is 3. The van der Waals surface area contributed by atoms with E-state index in [2.05, 4.69) is 88.0 Å². The number of aromatic nitrogens is 3. The Balaban J connectivity index is 1.49. The molecule has 1 aliphatic rings. The predicted molar refractivity (Wildman–Crippen MR) is 145 cm³/mol. The highest BCUT2D eigenvalue weighted by Crippen LogP contribution is 2.45. The monoisotopic (exact) mass is 471 g/mol. The van der Waals surface area contributed by atoms with Gasteiger partial charge in [-0.15, -0.1) is 5.10 Å². The van der Waals surface area contributed by atoms with Crippen LogP contribution in [0.2, 0.25) is 0 Å². The molecule has 0 unspecified atom stereocenters. The third-order valence-corrected chi connectivity index (χ3v) is 7.02. The maximum Gasteiger partial charge on any atom is 0.240 e. The van der Waals surface area contributed by atoms with Crippen LogP contribution in [0.5, 0.6) is 0 Å². The summed E-state index contributed by atoms with van der Waals surface area (Å²) in [5.41, 5.74) is 8.74. The molecule has 36 heavy (non-hydrogen) atoms. The number of nitrogens with zero attached hydrogens (tertiary/aromatic N) is 2. The highest BCUT2D eigenvalue weighted by atomic mass is 19.1. The molecule has 0 aliphatic heterocycles. The molecule has 1 fully saturated rings. The van der Waals surface area contributed by atoms with Gasteiger partial charge in [-0.2, -0.15) is 4.39 Å². The molecule has 6 rings (SSSR count). The maximum atomic E-state index is 14.5. The van der Waals surface area contributed by atoms with E-state index >= 15 is 0 Å². The number of aromatic amines is 1. The van der Waals surface area contributed by atoms with Crippen molar-refractivity contribution in [2.75, 3.05) is 0 Å². The average molecular weight is 472 g/mol. The van der Waals surface area contributed by atoms with Crippen LogP contribution in [0, 0.1) is 11.9 Å². The van der Waals surface area contributed by atoms with E-state index in [1.807, 2.05) is 30.5 Å². The van der Waals surface area contributed by atoms with Crippen LogP contribution in [0.25, 0.3) is 34.2 Å². The quantitative estimate of drug-likeness (QED) is 0.255. The van der Waals surface area contributed by atoms with Gasteiger partial charge in [0.2, 0.25) is 5.95 Å². The molecule has 0 radical (unpaired) electrons. The molecular weight excluding hydrogens is 445 g/mol. The van der Waals surface area contributed by atoms with Crippen LogP contribution in [0.1, 0.15) is 47.1 Å². The molecule has 1 aliphatic carbocycles. The summed E-state index contributed by atoms with van der Waals surface area (Å²) in [5.74, 6) is 0.0180. The van der Waals surface area contributed by atoms with E-state index in [0.717, 1.165) is 27.8 Å². The Hall–Kier alpha value is -4.31. The van der Waals surface area contributed by atoms with Crippen molar-refractivity contribution < 1.29 is 4.39 Å². The third kappa shape index (κ3) is 4.38. The first kappa shape index (κ1) is 22.2. The number of H-pyrrole nitrogens is 1. The normalized spacial score (nSPS) is 14.7. The van der Waals surface area contributed by atoms with Crippen molar-refractivity contribution in [3.63, 3.8) is 0 Å². The van der Waals surface area contributed by atoms with Gasteiger partial charge in [0, 0.05) is 12.4 Å². The van der Waals surface area contributed by atoms with Crippen LogP contribution in [0.4, 0.5) is 4.39 Å². The summed E-state index contributed by atoms with van der Waals surface area (Å²) in [4.78, 5) is 4.18. The van der Waals surface area contributed by atoms with Crippen molar-refractivity contribution in [2.24, 2.45) is 5.92 Å². The first-order chi connectivity index (χ1) is 17.8. The molecular formula is C32H26FN3. The molecule has 5 aromatic rings. The zero-order valence-corrected chi connectivity index (χ0v) is 19.9. The summed E-state index contributed by atoms with van der Waals surface area (Å²) in [6.45, 7) is 0. The van der Waals surface area contributed by atoms with Gasteiger partial charge >= 0.3 is 0 Å². The minimum absolute atomic E-state index is 0.466. The second kappa shape index (κ2) is 9.74. The summed E-state index contributed by atoms with van der Waals surface area (Å²) in [7, 11) is 0. The van der Waals surface area contributed by atoms with Crippen molar-refractivity contribution in [1.29, 1.82) is 0 Å². The summed E-state index contributed by atoms with van der Waals surface area (Å²) < 4.78 is 14.5. The molecule has 0 atom stereocenters. The van der Waals surface area contributed by atoms with Gasteiger partial charge in [-0.05, 0) is 75.9 Å². The van der Waals surface area contributed by atoms with Gasteiger partial charge in [0.25, 0.3) is 0 Å². The van der Waals surface area contributed by atoms with E-state index < -0.39 is 5.95 Å². The maximum absolute atomic E-state index is 14.5. The van der Waals surface area contributed by atoms with E-state index in [0.29, 0.717) is 16.8 Å². The van der Waals surface area contributed by atoms with Crippen molar-refractivity contribution in [3.05, 3.63) is 131 Å². The zero-order valence-electron chi connectivity index (χ0n) is 19.9. The van der Waals surface area contributed by atoms with E-state index in [9.17, 15) is 4.39 Å². The van der Waals surface area contributed by atoms with Gasteiger partial charge in [-0.25, -0.2) is 0 Å². The number of fused-ring (bicyclic) bond motifs is 1. The Bertz CT molecular complexity index is 1540. The van der Waals surface area contributed by atoms with Gasteiger partial charge in [-0.3, -0.25) is 10.1 Å². The van der Waals surface area contributed by atoms with Gasteiger partial charge in [0.1, 0.15) is 0 Å². The Morgan fingerprint density at radius 3 is 2.31 bits per heavy atom. The number of rotatable bonds is 6. The van der Waals surface area contributed by atoms with Crippen LogP contribution >= 0.6 is 0 Å². The van der Waals surface area contributed by atoms with E-state index in [4.69, 9.17) is 0 Å². The molecule has 4 heteroatoms. The summed E-state index contributed by atoms with van der Waals surface area (Å²) >= 11 is 0. The molecule has 3 aromatic carbocycles. The number of allylic oxidation sites excluding steroid dienone is 1. The molecule has 2 heterocycles. The molecule has 176 valence electrons. The topological polar surface area (TPSA) is 41.6 Å². The number of pyridine rings is 1. The lowest BCUT2D eigenvalue weighted by molar-refractivity contribution is 0.401. The van der Waals surface area contributed by atoms with Gasteiger partial charge in [0.15, 0.2) is 0 Å². The summed E-state index contributed by atoms with van der Waals surface area (Å²) in [5, 5.41) is 7.07. The Morgan fingerprint density at radius 1 is 0.806 bits per heavy atom. The zero-order chi connectivity index (χ0) is 24.3. The molecule has 2 aromatic heterocycles. The van der Waals surface area contributed by atoms with Crippen LogP contribution < -0.4 is 0 Å². The van der Waals surface area contributed by atoms with Crippen LogP contribution in [0.15, 0.2) is 97.3 Å². The fraction of sp³-hybridized carbons (Fsp3) is 0.125. The Kier molecular flexibility index (Phi) is 6.00. The first-order valence-corrected chi connectivity index (χ1v) is 12.4. The Morgan fingerprint density at radius 2 is 1.58 bits per heavy atom. The van der Waals surface area contributed by atoms with Gasteiger partial charge < -0.3 is 0 Å². The number of halogens is 1. The lowest BCUT2D eigenvalue weighted by Gasteiger charge is -2.31. The summed E-state index contributed by atoms with van der Waals surface area (Å²) in [6, 6.07) is 29.2. The SMILES string of the molecule is Fc1n[nH]c2ccc(/C(=C(/c3ccccc3)C3CCC3)c3ccc(/C=C/c4cccnc4)cc3)cc12. The molecule has 0 amide bonds. The second-order valence-electron chi connectivity index (χ2n) is 9.30. The first-order valence-electron chi connectivity index (χ1n) is 12.4. The molecule has 3 nitrogen and oxygen atoms in total. The van der Waals surface area contributed by atoms with Crippen molar-refractivity contribution in [1.82, 2.24) is 15.2 Å². The fourth-order valence-electron chi connectivity index (χ4n) is 4.94. The standard InChI is InChI=1S/C32H26FN3/c33-32-28-20-27(17-18-29(28)35-36-32)31(30(25-9-4-10-25)24-7-2-1-3-8-24)26-15-13-22(14-16-26)11-12-23-6-5-19-34-21-23/h1-3,5-8,11-21,25H,4,9-10H2,(H,35,36)/b12-11+,31-30-. The van der Waals surface area contributed by atoms with Crippen LogP contribution in [0.3, 0.4) is 0 Å². The molecule has 0 spiro atoms. The third-order valence-electron chi connectivity index (χ3n) is 7.02. The van der Waals surface area contributed by atoms with Crippen LogP contribution in [-0.4, -0.2) is 15.2 Å². The predicted octanol–water partition coefficient (Wildman–Crippen LogP) is 8.03. The summed E-state index contributed by atoms with van der Waals surface area (Å²) in [6.07, 6.45) is 11.4. The minimum Gasteiger partial charge on any atom is -0.275 e. The van der Waals surface area contributed by atoms with Crippen LogP contribution in [-0.2, 0) is 0 Å². The lowest BCUT2D eigenvalue weighted by Crippen LogP contribution is -2.15.